The first kappa shape index (κ1) is 20.5. The molecule has 158 valence electrons. The number of rotatable bonds is 6. The van der Waals surface area contributed by atoms with Gasteiger partial charge in [-0.05, 0) is 49.6 Å². The second-order valence-corrected chi connectivity index (χ2v) is 7.73. The minimum atomic E-state index is -0.496. The number of hydrogen-bond donors (Lipinski definition) is 1. The Morgan fingerprint density at radius 2 is 1.90 bits per heavy atom. The van der Waals surface area contributed by atoms with Crippen LogP contribution in [-0.4, -0.2) is 33.8 Å². The molecule has 31 heavy (non-hydrogen) atoms. The molecule has 2 aromatic carbocycles. The van der Waals surface area contributed by atoms with Crippen LogP contribution in [0, 0.1) is 17.0 Å². The summed E-state index contributed by atoms with van der Waals surface area (Å²) in [7, 11) is 0. The highest BCUT2D eigenvalue weighted by molar-refractivity contribution is 5.99. The molecule has 1 aliphatic heterocycles. The van der Waals surface area contributed by atoms with Gasteiger partial charge in [0, 0.05) is 31.0 Å². The molecule has 7 nitrogen and oxygen atoms in total. The van der Waals surface area contributed by atoms with Crippen molar-refractivity contribution >= 4 is 17.3 Å². The second kappa shape index (κ2) is 8.95. The Bertz CT molecular complexity index is 1090. The fraction of sp³-hybridized carbons (Fsp3) is 0.250. The second-order valence-electron chi connectivity index (χ2n) is 7.73. The lowest BCUT2D eigenvalue weighted by Crippen LogP contribution is -2.28. The van der Waals surface area contributed by atoms with E-state index in [4.69, 9.17) is 0 Å². The van der Waals surface area contributed by atoms with Crippen LogP contribution in [0.15, 0.2) is 66.9 Å². The Balaban J connectivity index is 1.72. The van der Waals surface area contributed by atoms with Gasteiger partial charge in [-0.2, -0.15) is 0 Å². The van der Waals surface area contributed by atoms with Crippen LogP contribution in [0.2, 0.25) is 0 Å². The number of pyridine rings is 1. The molecule has 0 radical (unpaired) electrons. The molecule has 3 aromatic rings. The Morgan fingerprint density at radius 1 is 1.10 bits per heavy atom. The predicted octanol–water partition coefficient (Wildman–Crippen LogP) is 4.74. The summed E-state index contributed by atoms with van der Waals surface area (Å²) >= 11 is 0. The SMILES string of the molecule is Cc1cccc(C(Nc2ccc([N+](=O)[O-])c(C(=O)N3CCCC3)c2)c2ccccn2)c1. The van der Waals surface area contributed by atoms with Gasteiger partial charge in [0.2, 0.25) is 0 Å². The molecule has 4 rings (SSSR count). The number of aromatic nitrogens is 1. The van der Waals surface area contributed by atoms with Crippen molar-refractivity contribution in [2.75, 3.05) is 18.4 Å². The normalized spacial score (nSPS) is 14.3. The first-order valence-corrected chi connectivity index (χ1v) is 10.3. The zero-order valence-electron chi connectivity index (χ0n) is 17.3. The van der Waals surface area contributed by atoms with Crippen molar-refractivity contribution in [2.24, 2.45) is 0 Å². The number of amides is 1. The fourth-order valence-corrected chi connectivity index (χ4v) is 3.94. The number of nitrogens with one attached hydrogen (secondary N) is 1. The van der Waals surface area contributed by atoms with Crippen molar-refractivity contribution < 1.29 is 9.72 Å². The van der Waals surface area contributed by atoms with Crippen LogP contribution in [0.5, 0.6) is 0 Å². The van der Waals surface area contributed by atoms with Crippen molar-refractivity contribution in [1.29, 1.82) is 0 Å². The summed E-state index contributed by atoms with van der Waals surface area (Å²) in [4.78, 5) is 30.2. The number of nitro benzene ring substituents is 1. The van der Waals surface area contributed by atoms with E-state index < -0.39 is 4.92 Å². The number of anilines is 1. The van der Waals surface area contributed by atoms with Crippen LogP contribution in [0.25, 0.3) is 0 Å². The van der Waals surface area contributed by atoms with Gasteiger partial charge < -0.3 is 10.2 Å². The van der Waals surface area contributed by atoms with Crippen LogP contribution in [0.4, 0.5) is 11.4 Å². The third kappa shape index (κ3) is 4.55. The summed E-state index contributed by atoms with van der Waals surface area (Å²) < 4.78 is 0. The van der Waals surface area contributed by atoms with Gasteiger partial charge >= 0.3 is 0 Å². The molecule has 1 fully saturated rings. The van der Waals surface area contributed by atoms with E-state index in [9.17, 15) is 14.9 Å². The molecule has 2 heterocycles. The van der Waals surface area contributed by atoms with Crippen molar-refractivity contribution in [1.82, 2.24) is 9.88 Å². The molecule has 0 saturated carbocycles. The topological polar surface area (TPSA) is 88.4 Å². The maximum absolute atomic E-state index is 13.0. The van der Waals surface area contributed by atoms with Crippen LogP contribution >= 0.6 is 0 Å². The molecule has 1 atom stereocenters. The number of carbonyl (C=O) groups excluding carboxylic acids is 1. The van der Waals surface area contributed by atoms with Gasteiger partial charge in [-0.1, -0.05) is 35.9 Å². The number of nitro groups is 1. The van der Waals surface area contributed by atoms with E-state index in [1.807, 2.05) is 43.3 Å². The average molecular weight is 416 g/mol. The number of aryl methyl sites for hydroxylation is 1. The van der Waals surface area contributed by atoms with Gasteiger partial charge in [0.1, 0.15) is 5.56 Å². The number of nitrogens with zero attached hydrogens (tertiary/aromatic N) is 3. The smallest absolute Gasteiger partial charge is 0.282 e. The molecule has 1 amide bonds. The van der Waals surface area contributed by atoms with Crippen LogP contribution < -0.4 is 5.32 Å². The molecule has 7 heteroatoms. The molecule has 0 aliphatic carbocycles. The van der Waals surface area contributed by atoms with E-state index in [1.165, 1.54) is 6.07 Å². The van der Waals surface area contributed by atoms with Gasteiger partial charge in [-0.15, -0.1) is 0 Å². The van der Waals surface area contributed by atoms with E-state index in [1.54, 1.807) is 23.2 Å². The van der Waals surface area contributed by atoms with Crippen molar-refractivity contribution in [3.05, 3.63) is 99.4 Å². The number of hydrogen-bond acceptors (Lipinski definition) is 5. The highest BCUT2D eigenvalue weighted by Crippen LogP contribution is 2.30. The monoisotopic (exact) mass is 416 g/mol. The standard InChI is InChI=1S/C24H24N4O3/c1-17-7-6-8-18(15-17)23(21-9-2-3-12-25-21)26-19-10-11-22(28(30)31)20(16-19)24(29)27-13-4-5-14-27/h2-3,6-12,15-16,23,26H,4-5,13-14H2,1H3. The molecule has 0 bridgehead atoms. The van der Waals surface area contributed by atoms with E-state index in [0.717, 1.165) is 29.7 Å². The Hall–Kier alpha value is -3.74. The molecular formula is C24H24N4O3. The summed E-state index contributed by atoms with van der Waals surface area (Å²) in [6.07, 6.45) is 3.58. The van der Waals surface area contributed by atoms with Crippen molar-refractivity contribution in [2.45, 2.75) is 25.8 Å². The number of carbonyl (C=O) groups is 1. The molecule has 1 saturated heterocycles. The lowest BCUT2D eigenvalue weighted by molar-refractivity contribution is -0.385. The highest BCUT2D eigenvalue weighted by Gasteiger charge is 2.27. The number of benzene rings is 2. The third-order valence-corrected chi connectivity index (χ3v) is 5.49. The molecule has 1 aromatic heterocycles. The Kier molecular flexibility index (Phi) is 5.93. The minimum absolute atomic E-state index is 0.112. The molecule has 1 aliphatic rings. The minimum Gasteiger partial charge on any atom is -0.373 e. The average Bonchev–Trinajstić information content (AvgIpc) is 3.32. The molecule has 0 spiro atoms. The largest absolute Gasteiger partial charge is 0.373 e. The van der Waals surface area contributed by atoms with E-state index in [-0.39, 0.29) is 23.2 Å². The maximum Gasteiger partial charge on any atom is 0.282 e. The van der Waals surface area contributed by atoms with Gasteiger partial charge in [-0.25, -0.2) is 0 Å². The highest BCUT2D eigenvalue weighted by atomic mass is 16.6. The van der Waals surface area contributed by atoms with Gasteiger partial charge in [0.25, 0.3) is 11.6 Å². The summed E-state index contributed by atoms with van der Waals surface area (Å²) in [5, 5.41) is 15.0. The molecular weight excluding hydrogens is 392 g/mol. The quantitative estimate of drug-likeness (QED) is 0.463. The van der Waals surface area contributed by atoms with Crippen molar-refractivity contribution in [3.63, 3.8) is 0 Å². The molecule has 1 unspecified atom stereocenters. The Morgan fingerprint density at radius 3 is 2.58 bits per heavy atom. The van der Waals surface area contributed by atoms with E-state index in [0.29, 0.717) is 18.8 Å². The Labute approximate surface area is 180 Å². The maximum atomic E-state index is 13.0. The van der Waals surface area contributed by atoms with E-state index in [2.05, 4.69) is 16.4 Å². The van der Waals surface area contributed by atoms with Gasteiger partial charge in [-0.3, -0.25) is 19.9 Å². The van der Waals surface area contributed by atoms with Crippen LogP contribution in [0.1, 0.15) is 46.1 Å². The zero-order valence-corrected chi connectivity index (χ0v) is 17.3. The van der Waals surface area contributed by atoms with Gasteiger partial charge in [0.05, 0.1) is 16.7 Å². The third-order valence-electron chi connectivity index (χ3n) is 5.49. The van der Waals surface area contributed by atoms with Crippen molar-refractivity contribution in [3.8, 4) is 0 Å². The lowest BCUT2D eigenvalue weighted by atomic mass is 10.00. The first-order valence-electron chi connectivity index (χ1n) is 10.3. The van der Waals surface area contributed by atoms with Crippen LogP contribution in [-0.2, 0) is 0 Å². The number of likely N-dealkylation sites (tertiary alicyclic amines) is 1. The predicted molar refractivity (Wildman–Crippen MR) is 119 cm³/mol. The fourth-order valence-electron chi connectivity index (χ4n) is 3.94. The lowest BCUT2D eigenvalue weighted by Gasteiger charge is -2.21. The van der Waals surface area contributed by atoms with Crippen LogP contribution in [0.3, 0.4) is 0 Å². The van der Waals surface area contributed by atoms with E-state index >= 15 is 0 Å². The first-order chi connectivity index (χ1) is 15.0. The summed E-state index contributed by atoms with van der Waals surface area (Å²) in [6, 6.07) is 18.2. The summed E-state index contributed by atoms with van der Waals surface area (Å²) in [6.45, 7) is 3.29. The molecule has 1 N–H and O–H groups in total. The summed E-state index contributed by atoms with van der Waals surface area (Å²) in [5.74, 6) is -0.294. The van der Waals surface area contributed by atoms with Gasteiger partial charge in [0.15, 0.2) is 0 Å². The zero-order chi connectivity index (χ0) is 21.8. The summed E-state index contributed by atoms with van der Waals surface area (Å²) in [5.41, 5.74) is 3.52.